The van der Waals surface area contributed by atoms with Crippen LogP contribution in [0.2, 0.25) is 0 Å². The van der Waals surface area contributed by atoms with E-state index in [-0.39, 0.29) is 0 Å². The van der Waals surface area contributed by atoms with Crippen molar-refractivity contribution in [2.75, 3.05) is 0 Å². The van der Waals surface area contributed by atoms with Crippen molar-refractivity contribution in [2.45, 2.75) is 47.6 Å². The number of allylic oxidation sites excluding steroid dienone is 4. The van der Waals surface area contributed by atoms with Crippen molar-refractivity contribution in [3.63, 3.8) is 0 Å². The molecule has 0 saturated carbocycles. The highest BCUT2D eigenvalue weighted by Crippen LogP contribution is 2.17. The lowest BCUT2D eigenvalue weighted by Crippen LogP contribution is -2.02. The third kappa shape index (κ3) is 8.83. The third-order valence-corrected chi connectivity index (χ3v) is 3.46. The predicted molar refractivity (Wildman–Crippen MR) is 101 cm³/mol. The van der Waals surface area contributed by atoms with Crippen molar-refractivity contribution in [3.05, 3.63) is 58.3 Å². The van der Waals surface area contributed by atoms with Gasteiger partial charge in [-0.2, -0.15) is 0 Å². The second-order valence-corrected chi connectivity index (χ2v) is 5.76. The van der Waals surface area contributed by atoms with Crippen LogP contribution in [-0.2, 0) is 11.3 Å². The average Bonchev–Trinajstić information content (AvgIpc) is 2.53. The fraction of sp³-hybridized carbons (Fsp3) is 0.421. The number of hydrogen-bond donors (Lipinski definition) is 1. The molecule has 1 rings (SSSR count). The highest BCUT2D eigenvalue weighted by atomic mass is 79.9. The Morgan fingerprint density at radius 3 is 2.36 bits per heavy atom. The quantitative estimate of drug-likeness (QED) is 0.334. The Kier molecular flexibility index (Phi) is 11.5. The van der Waals surface area contributed by atoms with E-state index in [4.69, 9.17) is 10.1 Å². The van der Waals surface area contributed by atoms with Crippen LogP contribution in [0.5, 0.6) is 0 Å². The van der Waals surface area contributed by atoms with Crippen LogP contribution in [0.3, 0.4) is 0 Å². The largest absolute Gasteiger partial charge is 0.487 e. The summed E-state index contributed by atoms with van der Waals surface area (Å²) in [7, 11) is 0. The molecule has 0 spiro atoms. The molecule has 1 atom stereocenters. The van der Waals surface area contributed by atoms with Crippen LogP contribution in [0.4, 0.5) is 0 Å². The van der Waals surface area contributed by atoms with Crippen LogP contribution in [0, 0.1) is 11.3 Å². The van der Waals surface area contributed by atoms with Gasteiger partial charge in [0.15, 0.2) is 0 Å². The van der Waals surface area contributed by atoms with Gasteiger partial charge >= 0.3 is 0 Å². The first-order valence-electron chi connectivity index (χ1n) is 7.84. The number of benzene rings is 1. The zero-order valence-electron chi connectivity index (χ0n) is 14.3. The van der Waals surface area contributed by atoms with E-state index >= 15 is 0 Å². The summed E-state index contributed by atoms with van der Waals surface area (Å²) in [6, 6.07) is 9.98. The fourth-order valence-corrected chi connectivity index (χ4v) is 2.22. The lowest BCUT2D eigenvalue weighted by molar-refractivity contribution is 0.217. The van der Waals surface area contributed by atoms with Crippen LogP contribution < -0.4 is 0 Å². The topological polar surface area (TPSA) is 33.1 Å². The second kappa shape index (κ2) is 12.2. The molecular weight excluding hydrogens is 338 g/mol. The molecule has 1 N–H and O–H groups in total. The molecular formula is C19H28BrNO. The van der Waals surface area contributed by atoms with Gasteiger partial charge in [0, 0.05) is 4.48 Å². The molecule has 0 amide bonds. The molecule has 0 aliphatic heterocycles. The van der Waals surface area contributed by atoms with Crippen LogP contribution in [0.25, 0.3) is 0 Å². The van der Waals surface area contributed by atoms with Crippen LogP contribution in [-0.4, -0.2) is 5.71 Å². The highest BCUT2D eigenvalue weighted by molar-refractivity contribution is 9.11. The molecule has 3 heteroatoms. The molecule has 1 aromatic carbocycles. The summed E-state index contributed by atoms with van der Waals surface area (Å²) in [5.74, 6) is 1.10. The Bertz CT molecular complexity index is 491. The van der Waals surface area contributed by atoms with Gasteiger partial charge in [-0.15, -0.1) is 0 Å². The monoisotopic (exact) mass is 365 g/mol. The normalized spacial score (nSPS) is 13.0. The average molecular weight is 366 g/mol. The number of nitrogens with one attached hydrogen (secondary N) is 1. The van der Waals surface area contributed by atoms with Gasteiger partial charge in [-0.3, -0.25) is 0 Å². The van der Waals surface area contributed by atoms with E-state index < -0.39 is 0 Å². The Morgan fingerprint density at radius 2 is 1.86 bits per heavy atom. The van der Waals surface area contributed by atoms with E-state index in [1.54, 1.807) is 6.92 Å². The Hall–Kier alpha value is -1.35. The molecule has 0 fully saturated rings. The van der Waals surface area contributed by atoms with Gasteiger partial charge < -0.3 is 10.1 Å². The van der Waals surface area contributed by atoms with Crippen molar-refractivity contribution in [1.82, 2.24) is 0 Å². The number of ether oxygens (including phenoxy) is 1. The van der Waals surface area contributed by atoms with Crippen molar-refractivity contribution >= 4 is 21.6 Å². The van der Waals surface area contributed by atoms with Gasteiger partial charge in [0.1, 0.15) is 12.4 Å². The summed E-state index contributed by atoms with van der Waals surface area (Å²) in [5, 5.41) is 7.80. The molecule has 0 bridgehead atoms. The summed E-state index contributed by atoms with van der Waals surface area (Å²) in [6.45, 7) is 10.5. The van der Waals surface area contributed by atoms with Gasteiger partial charge in [0.2, 0.25) is 0 Å². The highest BCUT2D eigenvalue weighted by Gasteiger charge is 2.04. The Morgan fingerprint density at radius 1 is 1.27 bits per heavy atom. The minimum Gasteiger partial charge on any atom is -0.487 e. The molecule has 0 radical (unpaired) electrons. The predicted octanol–water partition coefficient (Wildman–Crippen LogP) is 6.48. The molecule has 0 heterocycles. The van der Waals surface area contributed by atoms with E-state index in [9.17, 15) is 0 Å². The smallest absolute Gasteiger partial charge is 0.141 e. The van der Waals surface area contributed by atoms with E-state index in [1.807, 2.05) is 50.3 Å². The van der Waals surface area contributed by atoms with Crippen molar-refractivity contribution < 1.29 is 4.74 Å². The van der Waals surface area contributed by atoms with Crippen LogP contribution >= 0.6 is 15.9 Å². The molecule has 0 aromatic heterocycles. The van der Waals surface area contributed by atoms with E-state index in [1.165, 1.54) is 0 Å². The Balaban J connectivity index is 0.00000211. The summed E-state index contributed by atoms with van der Waals surface area (Å²) in [4.78, 5) is 0. The zero-order chi connectivity index (χ0) is 17.0. The third-order valence-electron chi connectivity index (χ3n) is 2.96. The van der Waals surface area contributed by atoms with Crippen LogP contribution in [0.15, 0.2) is 52.7 Å². The van der Waals surface area contributed by atoms with Crippen molar-refractivity contribution in [1.29, 1.82) is 5.41 Å². The lowest BCUT2D eigenvalue weighted by Gasteiger charge is -2.10. The standard InChI is InChI=1S/C17H22BrNO.C2H6/c1-4-13(2)10-16(18)11-17(14(3)19)20-12-15-8-6-5-7-9-15;1-2/h5-11,13,19H,4,12H2,1-3H3;1-2H3/b16-10+,17-11+,19-14?;. The van der Waals surface area contributed by atoms with Crippen molar-refractivity contribution in [3.8, 4) is 0 Å². The maximum absolute atomic E-state index is 7.80. The van der Waals surface area contributed by atoms with Gasteiger partial charge in [-0.1, -0.05) is 86.5 Å². The SMILES string of the molecule is CC.CCC(C)/C=C(Br)\C=C(\OCc1ccccc1)C(C)=N. The van der Waals surface area contributed by atoms with Gasteiger partial charge in [-0.05, 0) is 24.5 Å². The van der Waals surface area contributed by atoms with E-state index in [2.05, 4.69) is 35.9 Å². The van der Waals surface area contributed by atoms with E-state index in [0.717, 1.165) is 16.5 Å². The lowest BCUT2D eigenvalue weighted by atomic mass is 10.1. The first-order chi connectivity index (χ1) is 10.5. The van der Waals surface area contributed by atoms with Gasteiger partial charge in [0.05, 0.1) is 5.71 Å². The summed E-state index contributed by atoms with van der Waals surface area (Å²) in [5.41, 5.74) is 1.53. The molecule has 1 unspecified atom stereocenters. The summed E-state index contributed by atoms with van der Waals surface area (Å²) in [6.07, 6.45) is 5.10. The maximum atomic E-state index is 7.80. The first-order valence-corrected chi connectivity index (χ1v) is 8.63. The minimum absolute atomic E-state index is 0.426. The zero-order valence-corrected chi connectivity index (χ0v) is 15.9. The molecule has 0 aliphatic carbocycles. The summed E-state index contributed by atoms with van der Waals surface area (Å²) >= 11 is 3.52. The fourth-order valence-electron chi connectivity index (χ4n) is 1.56. The van der Waals surface area contributed by atoms with Crippen molar-refractivity contribution in [2.24, 2.45) is 5.92 Å². The minimum atomic E-state index is 0.426. The first kappa shape index (κ1) is 20.6. The summed E-state index contributed by atoms with van der Waals surface area (Å²) < 4.78 is 6.70. The molecule has 122 valence electrons. The van der Waals surface area contributed by atoms with Gasteiger partial charge in [-0.25, -0.2) is 0 Å². The molecule has 0 saturated heterocycles. The van der Waals surface area contributed by atoms with Crippen LogP contribution in [0.1, 0.15) is 46.6 Å². The second-order valence-electron chi connectivity index (χ2n) is 4.84. The van der Waals surface area contributed by atoms with E-state index in [0.29, 0.717) is 24.0 Å². The number of hydrogen-bond acceptors (Lipinski definition) is 2. The molecule has 0 aliphatic rings. The number of halogens is 1. The molecule has 2 nitrogen and oxygen atoms in total. The maximum Gasteiger partial charge on any atom is 0.141 e. The Labute approximate surface area is 143 Å². The molecule has 22 heavy (non-hydrogen) atoms. The van der Waals surface area contributed by atoms with Gasteiger partial charge in [0.25, 0.3) is 0 Å². The molecule has 1 aromatic rings. The number of rotatable bonds is 7.